The Balaban J connectivity index is 1.95. The van der Waals surface area contributed by atoms with Gasteiger partial charge >= 0.3 is 0 Å². The van der Waals surface area contributed by atoms with Crippen LogP contribution in [0.15, 0.2) is 53.4 Å². The highest BCUT2D eigenvalue weighted by molar-refractivity contribution is 7.89. The summed E-state index contributed by atoms with van der Waals surface area (Å²) in [4.78, 5) is 0.267. The van der Waals surface area contributed by atoms with Crippen molar-refractivity contribution in [3.63, 3.8) is 0 Å². The van der Waals surface area contributed by atoms with Gasteiger partial charge in [-0.15, -0.1) is 0 Å². The van der Waals surface area contributed by atoms with Crippen molar-refractivity contribution in [2.75, 3.05) is 0 Å². The molecule has 28 heavy (non-hydrogen) atoms. The highest BCUT2D eigenvalue weighted by Crippen LogP contribution is 2.42. The smallest absolute Gasteiger partial charge is 0.243 e. The van der Waals surface area contributed by atoms with E-state index in [1.165, 1.54) is 12.1 Å². The Morgan fingerprint density at radius 1 is 1.14 bits per heavy atom. The van der Waals surface area contributed by atoms with Gasteiger partial charge in [0.25, 0.3) is 0 Å². The summed E-state index contributed by atoms with van der Waals surface area (Å²) in [5.41, 5.74) is 7.24. The first-order valence-electron chi connectivity index (χ1n) is 9.47. The van der Waals surface area contributed by atoms with E-state index < -0.39 is 10.0 Å². The molecule has 2 aromatic rings. The van der Waals surface area contributed by atoms with Crippen molar-refractivity contribution in [1.29, 1.82) is 5.41 Å². The van der Waals surface area contributed by atoms with Crippen LogP contribution in [0.1, 0.15) is 49.3 Å². The summed E-state index contributed by atoms with van der Waals surface area (Å²) < 4.78 is 41.9. The van der Waals surface area contributed by atoms with Crippen molar-refractivity contribution in [3.05, 3.63) is 65.5 Å². The largest absolute Gasteiger partial charge is 0.388 e. The summed E-state index contributed by atoms with van der Waals surface area (Å²) >= 11 is 0. The predicted octanol–water partition coefficient (Wildman–Crippen LogP) is 4.13. The lowest BCUT2D eigenvalue weighted by Crippen LogP contribution is -2.37. The average molecular weight is 404 g/mol. The van der Waals surface area contributed by atoms with Crippen molar-refractivity contribution in [1.82, 2.24) is 4.31 Å². The third-order valence-corrected chi connectivity index (χ3v) is 7.25. The Bertz CT molecular complexity index is 927. The zero-order chi connectivity index (χ0) is 20.3. The van der Waals surface area contributed by atoms with Crippen LogP contribution >= 0.6 is 0 Å². The van der Waals surface area contributed by atoms with Crippen molar-refractivity contribution < 1.29 is 12.8 Å². The molecule has 3 N–H and O–H groups in total. The standard InChI is InChI=1S/C21H26FN3O2S/c1-15-5-12-19(13-6-15)28(26,27)25-18(3-2-4-21(23)24)11-14-20(25)16-7-9-17(22)10-8-16/h5-10,12-13,18,20H,2-4,11,14H2,1H3,(H3,23,24). The zero-order valence-corrected chi connectivity index (χ0v) is 16.8. The lowest BCUT2D eigenvalue weighted by molar-refractivity contribution is 0.310. The van der Waals surface area contributed by atoms with E-state index in [-0.39, 0.29) is 28.6 Å². The molecular formula is C21H26FN3O2S. The van der Waals surface area contributed by atoms with Crippen LogP contribution < -0.4 is 5.73 Å². The number of nitrogens with one attached hydrogen (secondary N) is 1. The minimum Gasteiger partial charge on any atom is -0.388 e. The van der Waals surface area contributed by atoms with Gasteiger partial charge < -0.3 is 5.73 Å². The molecule has 0 bridgehead atoms. The second-order valence-corrected chi connectivity index (χ2v) is 9.21. The molecule has 1 saturated heterocycles. The highest BCUT2D eigenvalue weighted by Gasteiger charge is 2.42. The molecule has 0 aromatic heterocycles. The molecule has 0 amide bonds. The number of halogens is 1. The van der Waals surface area contributed by atoms with Gasteiger partial charge in [-0.05, 0) is 62.4 Å². The molecule has 0 aliphatic carbocycles. The van der Waals surface area contributed by atoms with Crippen LogP contribution in [0.25, 0.3) is 0 Å². The molecule has 7 heteroatoms. The van der Waals surface area contributed by atoms with Crippen molar-refractivity contribution in [3.8, 4) is 0 Å². The Hall–Kier alpha value is -2.25. The first kappa shape index (κ1) is 20.5. The number of hydrogen-bond donors (Lipinski definition) is 2. The zero-order valence-electron chi connectivity index (χ0n) is 15.9. The number of hydrogen-bond acceptors (Lipinski definition) is 3. The summed E-state index contributed by atoms with van der Waals surface area (Å²) in [5, 5.41) is 7.40. The molecule has 150 valence electrons. The molecular weight excluding hydrogens is 377 g/mol. The molecule has 5 nitrogen and oxygen atoms in total. The molecule has 0 saturated carbocycles. The van der Waals surface area contributed by atoms with E-state index in [0.29, 0.717) is 25.7 Å². The number of nitrogens with two attached hydrogens (primary N) is 1. The number of aryl methyl sites for hydroxylation is 1. The fourth-order valence-electron chi connectivity index (χ4n) is 3.85. The van der Waals surface area contributed by atoms with E-state index in [0.717, 1.165) is 17.5 Å². The Labute approximate surface area is 165 Å². The third-order valence-electron chi connectivity index (χ3n) is 5.28. The van der Waals surface area contributed by atoms with Crippen LogP contribution in [0, 0.1) is 18.2 Å². The Kier molecular flexibility index (Phi) is 6.15. The topological polar surface area (TPSA) is 87.2 Å². The van der Waals surface area contributed by atoms with E-state index >= 15 is 0 Å². The number of rotatable bonds is 7. The molecule has 3 rings (SSSR count). The molecule has 0 spiro atoms. The molecule has 1 aliphatic rings. The minimum atomic E-state index is -3.71. The fraction of sp³-hybridized carbons (Fsp3) is 0.381. The van der Waals surface area contributed by atoms with E-state index in [2.05, 4.69) is 0 Å². The Morgan fingerprint density at radius 3 is 2.39 bits per heavy atom. The Morgan fingerprint density at radius 2 is 1.79 bits per heavy atom. The van der Waals surface area contributed by atoms with Gasteiger partial charge in [-0.1, -0.05) is 29.8 Å². The average Bonchev–Trinajstić information content (AvgIpc) is 3.07. The molecule has 1 fully saturated rings. The van der Waals surface area contributed by atoms with Gasteiger partial charge in [0, 0.05) is 12.5 Å². The van der Waals surface area contributed by atoms with Crippen LogP contribution in [-0.4, -0.2) is 24.6 Å². The van der Waals surface area contributed by atoms with Gasteiger partial charge in [0.2, 0.25) is 10.0 Å². The maximum Gasteiger partial charge on any atom is 0.243 e. The lowest BCUT2D eigenvalue weighted by atomic mass is 10.0. The van der Waals surface area contributed by atoms with Crippen molar-refractivity contribution in [2.24, 2.45) is 5.73 Å². The summed E-state index contributed by atoms with van der Waals surface area (Å²) in [6, 6.07) is 12.4. The summed E-state index contributed by atoms with van der Waals surface area (Å²) in [7, 11) is -3.71. The van der Waals surface area contributed by atoms with Gasteiger partial charge in [-0.2, -0.15) is 4.31 Å². The van der Waals surface area contributed by atoms with Crippen molar-refractivity contribution in [2.45, 2.75) is 56.0 Å². The predicted molar refractivity (Wildman–Crippen MR) is 108 cm³/mol. The van der Waals surface area contributed by atoms with Crippen LogP contribution in [0.5, 0.6) is 0 Å². The lowest BCUT2D eigenvalue weighted by Gasteiger charge is -2.30. The SMILES string of the molecule is Cc1ccc(S(=O)(=O)N2C(CCCC(=N)N)CCC2c2ccc(F)cc2)cc1. The third kappa shape index (κ3) is 4.42. The first-order chi connectivity index (χ1) is 13.3. The summed E-state index contributed by atoms with van der Waals surface area (Å²) in [6.07, 6.45) is 3.17. The number of amidine groups is 1. The van der Waals surface area contributed by atoms with Gasteiger partial charge in [0.1, 0.15) is 5.82 Å². The molecule has 1 heterocycles. The number of benzene rings is 2. The second kappa shape index (κ2) is 8.41. The van der Waals surface area contributed by atoms with Crippen LogP contribution in [0.3, 0.4) is 0 Å². The summed E-state index contributed by atoms with van der Waals surface area (Å²) in [6.45, 7) is 1.91. The first-order valence-corrected chi connectivity index (χ1v) is 10.9. The fourth-order valence-corrected chi connectivity index (χ4v) is 5.74. The van der Waals surface area contributed by atoms with Crippen LogP contribution in [0.4, 0.5) is 4.39 Å². The van der Waals surface area contributed by atoms with E-state index in [9.17, 15) is 12.8 Å². The molecule has 2 atom stereocenters. The quantitative estimate of drug-likeness (QED) is 0.538. The number of nitrogens with zero attached hydrogens (tertiary/aromatic N) is 1. The monoisotopic (exact) mass is 403 g/mol. The normalized spacial score (nSPS) is 20.4. The van der Waals surface area contributed by atoms with Crippen molar-refractivity contribution >= 4 is 15.9 Å². The maximum atomic E-state index is 13.5. The van der Waals surface area contributed by atoms with Gasteiger partial charge in [-0.25, -0.2) is 12.8 Å². The summed E-state index contributed by atoms with van der Waals surface area (Å²) in [5.74, 6) is -0.228. The number of sulfonamides is 1. The van der Waals surface area contributed by atoms with E-state index in [1.807, 2.05) is 6.92 Å². The molecule has 0 radical (unpaired) electrons. The highest BCUT2D eigenvalue weighted by atomic mass is 32.2. The van der Waals surface area contributed by atoms with Gasteiger partial charge in [0.05, 0.1) is 16.8 Å². The van der Waals surface area contributed by atoms with Crippen LogP contribution in [0.2, 0.25) is 0 Å². The maximum absolute atomic E-state index is 13.5. The van der Waals surface area contributed by atoms with Gasteiger partial charge in [-0.3, -0.25) is 5.41 Å². The van der Waals surface area contributed by atoms with E-state index in [4.69, 9.17) is 11.1 Å². The molecule has 2 unspecified atom stereocenters. The van der Waals surface area contributed by atoms with Crippen LogP contribution in [-0.2, 0) is 10.0 Å². The molecule has 2 aromatic carbocycles. The second-order valence-electron chi connectivity index (χ2n) is 7.36. The molecule has 1 aliphatic heterocycles. The van der Waals surface area contributed by atoms with Gasteiger partial charge in [0.15, 0.2) is 0 Å². The van der Waals surface area contributed by atoms with E-state index in [1.54, 1.807) is 40.7 Å². The minimum absolute atomic E-state index is 0.112.